The maximum atomic E-state index is 11.1. The summed E-state index contributed by atoms with van der Waals surface area (Å²) in [4.78, 5) is 2.34. The molecule has 0 aliphatic carbocycles. The molecule has 0 saturated carbocycles. The largest absolute Gasteiger partial charge is 0.302 e. The first-order valence-corrected chi connectivity index (χ1v) is 6.98. The highest BCUT2D eigenvalue weighted by atomic mass is 32.2. The van der Waals surface area contributed by atoms with Crippen LogP contribution in [0.4, 0.5) is 0 Å². The number of rotatable bonds is 4. The van der Waals surface area contributed by atoms with Crippen molar-refractivity contribution in [1.29, 1.82) is 0 Å². The fourth-order valence-corrected chi connectivity index (χ4v) is 2.04. The third-order valence-electron chi connectivity index (χ3n) is 2.75. The van der Waals surface area contributed by atoms with Crippen molar-refractivity contribution in [2.75, 3.05) is 39.5 Å². The Morgan fingerprint density at radius 2 is 1.79 bits per heavy atom. The zero-order valence-electron chi connectivity index (χ0n) is 9.07. The van der Waals surface area contributed by atoms with E-state index in [4.69, 9.17) is 0 Å². The molecule has 0 unspecified atom stereocenters. The molecule has 1 aliphatic heterocycles. The highest BCUT2D eigenvalue weighted by Crippen LogP contribution is 2.08. The number of nitrogens with zero attached hydrogens (tertiary/aromatic N) is 2. The van der Waals surface area contributed by atoms with Gasteiger partial charge >= 0.3 is 0 Å². The van der Waals surface area contributed by atoms with Crippen LogP contribution in [0.5, 0.6) is 0 Å². The summed E-state index contributed by atoms with van der Waals surface area (Å²) in [5.41, 5.74) is 0. The monoisotopic (exact) mass is 220 g/mol. The summed E-state index contributed by atoms with van der Waals surface area (Å²) in [5.74, 6) is 0. The molecular weight excluding hydrogens is 200 g/mol. The van der Waals surface area contributed by atoms with Gasteiger partial charge in [0.25, 0.3) is 0 Å². The van der Waals surface area contributed by atoms with E-state index in [0.29, 0.717) is 6.54 Å². The Balaban J connectivity index is 2.25. The predicted octanol–water partition coefficient (Wildman–Crippen LogP) is 0.364. The smallest absolute Gasteiger partial charge is 0.210 e. The van der Waals surface area contributed by atoms with Gasteiger partial charge in [-0.2, -0.15) is 0 Å². The van der Waals surface area contributed by atoms with Gasteiger partial charge in [-0.3, -0.25) is 0 Å². The first-order valence-electron chi connectivity index (χ1n) is 5.14. The van der Waals surface area contributed by atoms with Gasteiger partial charge in [0.2, 0.25) is 10.0 Å². The molecule has 0 amide bonds. The summed E-state index contributed by atoms with van der Waals surface area (Å²) >= 11 is 0. The van der Waals surface area contributed by atoms with Gasteiger partial charge in [0, 0.05) is 20.1 Å². The molecular formula is C9H20N2O2S. The highest BCUT2D eigenvalue weighted by Gasteiger charge is 2.14. The van der Waals surface area contributed by atoms with Gasteiger partial charge in [-0.25, -0.2) is 12.7 Å². The topological polar surface area (TPSA) is 40.6 Å². The van der Waals surface area contributed by atoms with Crippen molar-refractivity contribution < 1.29 is 8.42 Å². The number of likely N-dealkylation sites (N-methyl/N-ethyl adjacent to an activating group) is 1. The SMILES string of the molecule is CN(CCN1CCCCC1)S(C)(=O)=O. The summed E-state index contributed by atoms with van der Waals surface area (Å²) in [5, 5.41) is 0. The second kappa shape index (κ2) is 5.09. The van der Waals surface area contributed by atoms with Crippen molar-refractivity contribution in [3.8, 4) is 0 Å². The second-order valence-electron chi connectivity index (χ2n) is 3.99. The van der Waals surface area contributed by atoms with Crippen LogP contribution in [0, 0.1) is 0 Å². The minimum Gasteiger partial charge on any atom is -0.302 e. The van der Waals surface area contributed by atoms with Crippen LogP contribution >= 0.6 is 0 Å². The van der Waals surface area contributed by atoms with E-state index in [2.05, 4.69) is 4.90 Å². The number of hydrogen-bond donors (Lipinski definition) is 0. The van der Waals surface area contributed by atoms with Crippen LogP contribution in [0.15, 0.2) is 0 Å². The molecule has 0 bridgehead atoms. The average Bonchev–Trinajstić information content (AvgIpc) is 2.14. The molecule has 1 aliphatic rings. The molecule has 1 fully saturated rings. The van der Waals surface area contributed by atoms with E-state index in [0.717, 1.165) is 19.6 Å². The Labute approximate surface area is 86.9 Å². The van der Waals surface area contributed by atoms with E-state index in [1.54, 1.807) is 7.05 Å². The molecule has 0 aromatic heterocycles. The zero-order chi connectivity index (χ0) is 10.6. The van der Waals surface area contributed by atoms with Crippen LogP contribution < -0.4 is 0 Å². The average molecular weight is 220 g/mol. The standard InChI is InChI=1S/C9H20N2O2S/c1-10(14(2,12)13)8-9-11-6-4-3-5-7-11/h3-9H2,1-2H3. The first-order chi connectivity index (χ1) is 6.50. The van der Waals surface area contributed by atoms with Crippen molar-refractivity contribution in [3.05, 3.63) is 0 Å². The Morgan fingerprint density at radius 1 is 1.21 bits per heavy atom. The Bertz CT molecular complexity index is 258. The van der Waals surface area contributed by atoms with Crippen molar-refractivity contribution in [1.82, 2.24) is 9.21 Å². The van der Waals surface area contributed by atoms with Crippen LogP contribution in [0.3, 0.4) is 0 Å². The molecule has 5 heteroatoms. The molecule has 14 heavy (non-hydrogen) atoms. The lowest BCUT2D eigenvalue weighted by atomic mass is 10.1. The number of piperidine rings is 1. The fraction of sp³-hybridized carbons (Fsp3) is 1.00. The molecule has 0 atom stereocenters. The maximum Gasteiger partial charge on any atom is 0.210 e. The van der Waals surface area contributed by atoms with Crippen molar-refractivity contribution in [2.45, 2.75) is 19.3 Å². The van der Waals surface area contributed by atoms with Gasteiger partial charge in [-0.05, 0) is 25.9 Å². The molecule has 4 nitrogen and oxygen atoms in total. The molecule has 0 aromatic rings. The summed E-state index contributed by atoms with van der Waals surface area (Å²) < 4.78 is 23.6. The molecule has 1 heterocycles. The number of likely N-dealkylation sites (tertiary alicyclic amines) is 1. The Hall–Kier alpha value is -0.130. The number of sulfonamides is 1. The summed E-state index contributed by atoms with van der Waals surface area (Å²) in [6.07, 6.45) is 5.08. The minimum absolute atomic E-state index is 0.610. The van der Waals surface area contributed by atoms with Crippen LogP contribution in [-0.4, -0.2) is 57.1 Å². The van der Waals surface area contributed by atoms with Crippen LogP contribution in [-0.2, 0) is 10.0 Å². The molecule has 1 saturated heterocycles. The molecule has 0 spiro atoms. The van der Waals surface area contributed by atoms with Gasteiger partial charge in [-0.1, -0.05) is 6.42 Å². The first kappa shape index (κ1) is 11.9. The number of hydrogen-bond acceptors (Lipinski definition) is 3. The third-order valence-corrected chi connectivity index (χ3v) is 4.06. The van der Waals surface area contributed by atoms with Crippen molar-refractivity contribution >= 4 is 10.0 Å². The van der Waals surface area contributed by atoms with Gasteiger partial charge in [0.1, 0.15) is 0 Å². The predicted molar refractivity (Wildman–Crippen MR) is 57.8 cm³/mol. The van der Waals surface area contributed by atoms with Crippen molar-refractivity contribution in [2.24, 2.45) is 0 Å². The quantitative estimate of drug-likeness (QED) is 0.687. The maximum absolute atomic E-state index is 11.1. The highest BCUT2D eigenvalue weighted by molar-refractivity contribution is 7.88. The Morgan fingerprint density at radius 3 is 2.29 bits per heavy atom. The van der Waals surface area contributed by atoms with Crippen LogP contribution in [0.2, 0.25) is 0 Å². The van der Waals surface area contributed by atoms with E-state index < -0.39 is 10.0 Å². The van der Waals surface area contributed by atoms with E-state index in [-0.39, 0.29) is 0 Å². The van der Waals surface area contributed by atoms with E-state index in [1.807, 2.05) is 0 Å². The normalized spacial score (nSPS) is 20.2. The van der Waals surface area contributed by atoms with Gasteiger partial charge in [0.05, 0.1) is 6.26 Å². The lowest BCUT2D eigenvalue weighted by molar-refractivity contribution is 0.218. The lowest BCUT2D eigenvalue weighted by Crippen LogP contribution is -2.38. The zero-order valence-corrected chi connectivity index (χ0v) is 9.89. The van der Waals surface area contributed by atoms with E-state index >= 15 is 0 Å². The molecule has 0 aromatic carbocycles. The fourth-order valence-electron chi connectivity index (χ4n) is 1.63. The molecule has 84 valence electrons. The molecule has 0 N–H and O–H groups in total. The van der Waals surface area contributed by atoms with E-state index in [9.17, 15) is 8.42 Å². The van der Waals surface area contributed by atoms with Crippen molar-refractivity contribution in [3.63, 3.8) is 0 Å². The summed E-state index contributed by atoms with van der Waals surface area (Å²) in [6.45, 7) is 3.72. The van der Waals surface area contributed by atoms with Crippen LogP contribution in [0.25, 0.3) is 0 Å². The van der Waals surface area contributed by atoms with Gasteiger partial charge in [-0.15, -0.1) is 0 Å². The Kier molecular flexibility index (Phi) is 4.34. The molecule has 1 rings (SSSR count). The summed E-state index contributed by atoms with van der Waals surface area (Å²) in [7, 11) is -1.36. The molecule has 0 radical (unpaired) electrons. The minimum atomic E-state index is -3.00. The second-order valence-corrected chi connectivity index (χ2v) is 6.08. The lowest BCUT2D eigenvalue weighted by Gasteiger charge is -2.27. The van der Waals surface area contributed by atoms with E-state index in [1.165, 1.54) is 29.8 Å². The summed E-state index contributed by atoms with van der Waals surface area (Å²) in [6, 6.07) is 0. The van der Waals surface area contributed by atoms with Crippen LogP contribution in [0.1, 0.15) is 19.3 Å². The van der Waals surface area contributed by atoms with Gasteiger partial charge in [0.15, 0.2) is 0 Å². The third kappa shape index (κ3) is 3.94. The van der Waals surface area contributed by atoms with Gasteiger partial charge < -0.3 is 4.90 Å².